The summed E-state index contributed by atoms with van der Waals surface area (Å²) in [6, 6.07) is 3.32. The molecule has 0 aliphatic carbocycles. The molecule has 0 atom stereocenters. The van der Waals surface area contributed by atoms with Crippen LogP contribution in [0.4, 0.5) is 8.78 Å². The Bertz CT molecular complexity index is 625. The van der Waals surface area contributed by atoms with Crippen LogP contribution in [-0.2, 0) is 12.8 Å². The van der Waals surface area contributed by atoms with Gasteiger partial charge in [-0.3, -0.25) is 0 Å². The van der Waals surface area contributed by atoms with Crippen molar-refractivity contribution < 1.29 is 18.7 Å². The monoisotopic (exact) mass is 283 g/mol. The van der Waals surface area contributed by atoms with Crippen LogP contribution in [0.15, 0.2) is 18.2 Å². The molecular formula is C13H11F2NO2S. The van der Waals surface area contributed by atoms with E-state index in [1.165, 1.54) is 12.1 Å². The Balaban J connectivity index is 2.31. The van der Waals surface area contributed by atoms with Crippen molar-refractivity contribution in [2.24, 2.45) is 0 Å². The Morgan fingerprint density at radius 2 is 2.16 bits per heavy atom. The molecule has 0 aliphatic heterocycles. The van der Waals surface area contributed by atoms with Gasteiger partial charge in [-0.05, 0) is 18.1 Å². The highest BCUT2D eigenvalue weighted by Crippen LogP contribution is 2.23. The predicted octanol–water partition coefficient (Wildman–Crippen LogP) is 3.27. The average molecular weight is 283 g/mol. The van der Waals surface area contributed by atoms with Gasteiger partial charge in [0.25, 0.3) is 0 Å². The maximum Gasteiger partial charge on any atom is 0.347 e. The Morgan fingerprint density at radius 1 is 1.42 bits per heavy atom. The van der Waals surface area contributed by atoms with E-state index in [-0.39, 0.29) is 11.3 Å². The zero-order chi connectivity index (χ0) is 14.0. The summed E-state index contributed by atoms with van der Waals surface area (Å²) in [6.07, 6.45) is 0.668. The summed E-state index contributed by atoms with van der Waals surface area (Å²) >= 11 is 1.03. The Hall–Kier alpha value is -1.82. The molecular weight excluding hydrogens is 272 g/mol. The molecule has 2 rings (SSSR count). The number of halogens is 2. The van der Waals surface area contributed by atoms with E-state index in [0.29, 0.717) is 22.7 Å². The number of aryl methyl sites for hydroxylation is 1. The van der Waals surface area contributed by atoms with Crippen LogP contribution in [0.1, 0.15) is 32.9 Å². The summed E-state index contributed by atoms with van der Waals surface area (Å²) in [7, 11) is 0. The van der Waals surface area contributed by atoms with Crippen LogP contribution in [0.2, 0.25) is 0 Å². The third kappa shape index (κ3) is 2.96. The highest BCUT2D eigenvalue weighted by Gasteiger charge is 2.17. The summed E-state index contributed by atoms with van der Waals surface area (Å²) in [5, 5.41) is 9.53. The molecule has 3 nitrogen and oxygen atoms in total. The lowest BCUT2D eigenvalue weighted by molar-refractivity contribution is 0.0701. The molecule has 0 radical (unpaired) electrons. The summed E-state index contributed by atoms with van der Waals surface area (Å²) in [6.45, 7) is 1.81. The Morgan fingerprint density at radius 3 is 2.68 bits per heavy atom. The van der Waals surface area contributed by atoms with Crippen molar-refractivity contribution in [3.63, 3.8) is 0 Å². The van der Waals surface area contributed by atoms with E-state index >= 15 is 0 Å². The molecule has 0 saturated heterocycles. The van der Waals surface area contributed by atoms with Crippen LogP contribution in [0.5, 0.6) is 0 Å². The molecule has 0 unspecified atom stereocenters. The standard InChI is InChI=1S/C13H11F2NO2S/c1-2-10-12(13(17)18)19-11(16-10)5-7-3-4-8(14)6-9(7)15/h3-4,6H,2,5H2,1H3,(H,17,18). The van der Waals surface area contributed by atoms with Crippen LogP contribution < -0.4 is 0 Å². The van der Waals surface area contributed by atoms with Crippen LogP contribution in [0.25, 0.3) is 0 Å². The van der Waals surface area contributed by atoms with Gasteiger partial charge < -0.3 is 5.11 Å². The van der Waals surface area contributed by atoms with E-state index in [1.54, 1.807) is 0 Å². The third-order valence-corrected chi connectivity index (χ3v) is 3.71. The normalized spacial score (nSPS) is 10.7. The molecule has 0 fully saturated rings. The highest BCUT2D eigenvalue weighted by atomic mass is 32.1. The predicted molar refractivity (Wildman–Crippen MR) is 67.6 cm³/mol. The number of rotatable bonds is 4. The molecule has 1 aromatic heterocycles. The maximum absolute atomic E-state index is 13.5. The van der Waals surface area contributed by atoms with Crippen LogP contribution >= 0.6 is 11.3 Å². The van der Waals surface area contributed by atoms with Crippen LogP contribution in [0.3, 0.4) is 0 Å². The van der Waals surface area contributed by atoms with Crippen molar-refractivity contribution in [2.45, 2.75) is 19.8 Å². The van der Waals surface area contributed by atoms with Gasteiger partial charge in [0.1, 0.15) is 16.5 Å². The van der Waals surface area contributed by atoms with Crippen molar-refractivity contribution in [1.82, 2.24) is 4.98 Å². The van der Waals surface area contributed by atoms with Gasteiger partial charge in [-0.1, -0.05) is 13.0 Å². The average Bonchev–Trinajstić information content (AvgIpc) is 2.76. The van der Waals surface area contributed by atoms with Gasteiger partial charge in [-0.25, -0.2) is 18.6 Å². The lowest BCUT2D eigenvalue weighted by Crippen LogP contribution is -1.97. The van der Waals surface area contributed by atoms with Crippen LogP contribution in [-0.4, -0.2) is 16.1 Å². The number of carboxylic acids is 1. The second-order valence-corrected chi connectivity index (χ2v) is 5.04. The summed E-state index contributed by atoms with van der Waals surface area (Å²) in [5.41, 5.74) is 0.796. The van der Waals surface area contributed by atoms with E-state index < -0.39 is 17.6 Å². The van der Waals surface area contributed by atoms with E-state index in [2.05, 4.69) is 4.98 Å². The van der Waals surface area contributed by atoms with Crippen molar-refractivity contribution in [1.29, 1.82) is 0 Å². The number of thiazole rings is 1. The van der Waals surface area contributed by atoms with Gasteiger partial charge in [-0.15, -0.1) is 11.3 Å². The molecule has 100 valence electrons. The number of carboxylic acid groups (broad SMARTS) is 1. The smallest absolute Gasteiger partial charge is 0.347 e. The lowest BCUT2D eigenvalue weighted by Gasteiger charge is -2.00. The summed E-state index contributed by atoms with van der Waals surface area (Å²) in [5.74, 6) is -2.31. The van der Waals surface area contributed by atoms with Crippen molar-refractivity contribution in [3.8, 4) is 0 Å². The van der Waals surface area contributed by atoms with Gasteiger partial charge in [0, 0.05) is 12.5 Å². The van der Waals surface area contributed by atoms with E-state index in [4.69, 9.17) is 5.11 Å². The minimum atomic E-state index is -1.03. The van der Waals surface area contributed by atoms with Gasteiger partial charge in [0.2, 0.25) is 0 Å². The third-order valence-electron chi connectivity index (χ3n) is 2.63. The van der Waals surface area contributed by atoms with E-state index in [1.807, 2.05) is 6.92 Å². The van der Waals surface area contributed by atoms with Gasteiger partial charge in [-0.2, -0.15) is 0 Å². The molecule has 2 aromatic rings. The first kappa shape index (κ1) is 13.6. The number of hydrogen-bond donors (Lipinski definition) is 1. The number of nitrogens with zero attached hydrogens (tertiary/aromatic N) is 1. The number of hydrogen-bond acceptors (Lipinski definition) is 3. The zero-order valence-corrected chi connectivity index (χ0v) is 10.9. The molecule has 0 aliphatic rings. The van der Waals surface area contributed by atoms with Crippen molar-refractivity contribution in [2.75, 3.05) is 0 Å². The van der Waals surface area contributed by atoms with E-state index in [9.17, 15) is 13.6 Å². The lowest BCUT2D eigenvalue weighted by atomic mass is 10.1. The Kier molecular flexibility index (Phi) is 3.90. The number of carbonyl (C=O) groups is 1. The molecule has 0 bridgehead atoms. The van der Waals surface area contributed by atoms with E-state index in [0.717, 1.165) is 17.4 Å². The summed E-state index contributed by atoms with van der Waals surface area (Å²) in [4.78, 5) is 15.4. The molecule has 0 spiro atoms. The second-order valence-electron chi connectivity index (χ2n) is 3.95. The molecule has 1 aromatic carbocycles. The molecule has 19 heavy (non-hydrogen) atoms. The van der Waals surface area contributed by atoms with Gasteiger partial charge in [0.15, 0.2) is 0 Å². The first-order valence-corrected chi connectivity index (χ1v) is 6.48. The largest absolute Gasteiger partial charge is 0.477 e. The maximum atomic E-state index is 13.5. The minimum Gasteiger partial charge on any atom is -0.477 e. The highest BCUT2D eigenvalue weighted by molar-refractivity contribution is 7.13. The second kappa shape index (κ2) is 5.44. The van der Waals surface area contributed by atoms with Crippen molar-refractivity contribution in [3.05, 3.63) is 51.0 Å². The van der Waals surface area contributed by atoms with Gasteiger partial charge in [0.05, 0.1) is 10.7 Å². The molecule has 6 heteroatoms. The fourth-order valence-electron chi connectivity index (χ4n) is 1.71. The minimum absolute atomic E-state index is 0.164. The molecule has 1 heterocycles. The number of benzene rings is 1. The van der Waals surface area contributed by atoms with Gasteiger partial charge >= 0.3 is 5.97 Å². The topological polar surface area (TPSA) is 50.2 Å². The fourth-order valence-corrected chi connectivity index (χ4v) is 2.73. The molecule has 0 saturated carbocycles. The Labute approximate surface area is 112 Å². The number of aromatic carboxylic acids is 1. The summed E-state index contributed by atoms with van der Waals surface area (Å²) < 4.78 is 26.3. The fraction of sp³-hybridized carbons (Fsp3) is 0.231. The zero-order valence-electron chi connectivity index (χ0n) is 10.1. The number of aromatic nitrogens is 1. The molecule has 1 N–H and O–H groups in total. The van der Waals surface area contributed by atoms with Crippen LogP contribution in [0, 0.1) is 11.6 Å². The molecule has 0 amide bonds. The first-order valence-electron chi connectivity index (χ1n) is 5.67. The first-order chi connectivity index (χ1) is 9.01. The quantitative estimate of drug-likeness (QED) is 0.936. The van der Waals surface area contributed by atoms with Crippen molar-refractivity contribution >= 4 is 17.3 Å². The SMILES string of the molecule is CCc1nc(Cc2ccc(F)cc2F)sc1C(=O)O.